The van der Waals surface area contributed by atoms with E-state index in [9.17, 15) is 4.39 Å². The summed E-state index contributed by atoms with van der Waals surface area (Å²) < 4.78 is 19.0. The first-order chi connectivity index (χ1) is 13.2. The highest BCUT2D eigenvalue weighted by Gasteiger charge is 2.21. The Bertz CT molecular complexity index is 749. The van der Waals surface area contributed by atoms with Crippen molar-refractivity contribution in [3.63, 3.8) is 0 Å². The lowest BCUT2D eigenvalue weighted by Gasteiger charge is -2.36. The number of ether oxygens (including phenoxy) is 1. The predicted molar refractivity (Wildman–Crippen MR) is 104 cm³/mol. The molecule has 7 nitrogen and oxygen atoms in total. The van der Waals surface area contributed by atoms with Gasteiger partial charge in [-0.1, -0.05) is 6.07 Å². The topological polar surface area (TPSA) is 65.9 Å². The van der Waals surface area contributed by atoms with E-state index in [0.717, 1.165) is 38.1 Å². The molecule has 1 aromatic heterocycles. The third-order valence-electron chi connectivity index (χ3n) is 4.31. The van der Waals surface area contributed by atoms with Crippen LogP contribution in [0.5, 0.6) is 5.75 Å². The third-order valence-corrected chi connectivity index (χ3v) is 4.31. The summed E-state index contributed by atoms with van der Waals surface area (Å²) in [5, 5.41) is 3.34. The van der Waals surface area contributed by atoms with Gasteiger partial charge in [0.1, 0.15) is 17.7 Å². The van der Waals surface area contributed by atoms with Crippen molar-refractivity contribution in [1.29, 1.82) is 0 Å². The number of rotatable bonds is 5. The van der Waals surface area contributed by atoms with Gasteiger partial charge in [0, 0.05) is 51.7 Å². The van der Waals surface area contributed by atoms with Crippen LogP contribution in [0.1, 0.15) is 6.92 Å². The SMILES string of the molecule is CN=C(NCC(C)Oc1cccc(F)c1)N1CCN(c2ncccn2)CC1. The lowest BCUT2D eigenvalue weighted by molar-refractivity contribution is 0.220. The fourth-order valence-electron chi connectivity index (χ4n) is 2.95. The first-order valence-corrected chi connectivity index (χ1v) is 9.05. The minimum atomic E-state index is -0.302. The zero-order valence-electron chi connectivity index (χ0n) is 15.7. The molecular formula is C19H25FN6O. The fraction of sp³-hybridized carbons (Fsp3) is 0.421. The summed E-state index contributed by atoms with van der Waals surface area (Å²) in [6.45, 7) is 5.84. The fourth-order valence-corrected chi connectivity index (χ4v) is 2.95. The van der Waals surface area contributed by atoms with Crippen molar-refractivity contribution in [1.82, 2.24) is 20.2 Å². The smallest absolute Gasteiger partial charge is 0.225 e. The number of guanidine groups is 1. The van der Waals surface area contributed by atoms with Crippen molar-refractivity contribution in [2.24, 2.45) is 4.99 Å². The average Bonchev–Trinajstić information content (AvgIpc) is 2.69. The number of piperazine rings is 1. The number of benzene rings is 1. The number of hydrogen-bond donors (Lipinski definition) is 1. The molecule has 27 heavy (non-hydrogen) atoms. The molecule has 1 aliphatic heterocycles. The Labute approximate surface area is 158 Å². The Balaban J connectivity index is 1.47. The zero-order chi connectivity index (χ0) is 19.1. The molecular weight excluding hydrogens is 347 g/mol. The number of halogens is 1. The van der Waals surface area contributed by atoms with E-state index in [1.54, 1.807) is 31.6 Å². The maximum absolute atomic E-state index is 13.2. The normalized spacial score (nSPS) is 16.2. The van der Waals surface area contributed by atoms with Crippen LogP contribution in [0.15, 0.2) is 47.7 Å². The van der Waals surface area contributed by atoms with Crippen LogP contribution >= 0.6 is 0 Å². The number of nitrogens with zero attached hydrogens (tertiary/aromatic N) is 5. The van der Waals surface area contributed by atoms with E-state index in [2.05, 4.69) is 30.1 Å². The van der Waals surface area contributed by atoms with E-state index in [1.165, 1.54) is 12.1 Å². The third kappa shape index (κ3) is 5.29. The summed E-state index contributed by atoms with van der Waals surface area (Å²) in [4.78, 5) is 17.3. The van der Waals surface area contributed by atoms with Gasteiger partial charge in [-0.05, 0) is 25.1 Å². The van der Waals surface area contributed by atoms with Gasteiger partial charge in [-0.3, -0.25) is 4.99 Å². The van der Waals surface area contributed by atoms with Crippen LogP contribution in [0, 0.1) is 5.82 Å². The minimum absolute atomic E-state index is 0.123. The van der Waals surface area contributed by atoms with E-state index in [0.29, 0.717) is 12.3 Å². The maximum atomic E-state index is 13.2. The van der Waals surface area contributed by atoms with E-state index in [1.807, 2.05) is 13.0 Å². The Morgan fingerprint density at radius 1 is 1.22 bits per heavy atom. The molecule has 1 fully saturated rings. The van der Waals surface area contributed by atoms with Crippen molar-refractivity contribution >= 4 is 11.9 Å². The molecule has 1 unspecified atom stereocenters. The summed E-state index contributed by atoms with van der Waals surface area (Å²) in [6, 6.07) is 7.99. The second-order valence-corrected chi connectivity index (χ2v) is 6.34. The van der Waals surface area contributed by atoms with Gasteiger partial charge in [0.15, 0.2) is 5.96 Å². The average molecular weight is 372 g/mol. The van der Waals surface area contributed by atoms with Crippen LogP contribution < -0.4 is 15.0 Å². The van der Waals surface area contributed by atoms with Crippen LogP contribution in [0.2, 0.25) is 0 Å². The van der Waals surface area contributed by atoms with Gasteiger partial charge in [0.05, 0.1) is 6.54 Å². The van der Waals surface area contributed by atoms with Gasteiger partial charge in [-0.2, -0.15) is 0 Å². The molecule has 0 saturated carbocycles. The molecule has 0 amide bonds. The number of hydrogen-bond acceptors (Lipinski definition) is 5. The van der Waals surface area contributed by atoms with Gasteiger partial charge < -0.3 is 19.9 Å². The molecule has 144 valence electrons. The van der Waals surface area contributed by atoms with E-state index in [-0.39, 0.29) is 11.9 Å². The van der Waals surface area contributed by atoms with Crippen LogP contribution in [0.4, 0.5) is 10.3 Å². The molecule has 2 heterocycles. The van der Waals surface area contributed by atoms with E-state index >= 15 is 0 Å². The Hall–Kier alpha value is -2.90. The zero-order valence-corrected chi connectivity index (χ0v) is 15.7. The highest BCUT2D eigenvalue weighted by molar-refractivity contribution is 5.80. The summed E-state index contributed by atoms with van der Waals surface area (Å²) in [6.07, 6.45) is 3.40. The lowest BCUT2D eigenvalue weighted by Crippen LogP contribution is -2.53. The molecule has 0 radical (unpaired) electrons. The van der Waals surface area contributed by atoms with Gasteiger partial charge >= 0.3 is 0 Å². The van der Waals surface area contributed by atoms with Crippen molar-refractivity contribution in [3.05, 3.63) is 48.5 Å². The van der Waals surface area contributed by atoms with Crippen molar-refractivity contribution in [3.8, 4) is 5.75 Å². The first-order valence-electron chi connectivity index (χ1n) is 9.05. The van der Waals surface area contributed by atoms with Crippen molar-refractivity contribution < 1.29 is 9.13 Å². The quantitative estimate of drug-likeness (QED) is 0.638. The van der Waals surface area contributed by atoms with Crippen LogP contribution in [-0.2, 0) is 0 Å². The summed E-state index contributed by atoms with van der Waals surface area (Å²) >= 11 is 0. The lowest BCUT2D eigenvalue weighted by atomic mass is 10.3. The standard InChI is InChI=1S/C19H25FN6O/c1-15(27-17-6-3-5-16(20)13-17)14-24-18(21-2)25-9-11-26(12-10-25)19-22-7-4-8-23-19/h3-8,13,15H,9-12,14H2,1-2H3,(H,21,24). The van der Waals surface area contributed by atoms with Gasteiger partial charge in [0.2, 0.25) is 5.95 Å². The Kier molecular flexibility index (Phi) is 6.40. The number of aromatic nitrogens is 2. The molecule has 0 spiro atoms. The largest absolute Gasteiger partial charge is 0.489 e. The minimum Gasteiger partial charge on any atom is -0.489 e. The number of nitrogens with one attached hydrogen (secondary N) is 1. The predicted octanol–water partition coefficient (Wildman–Crippen LogP) is 1.78. The molecule has 1 aliphatic rings. The molecule has 1 atom stereocenters. The molecule has 8 heteroatoms. The van der Waals surface area contributed by atoms with E-state index in [4.69, 9.17) is 4.74 Å². The Morgan fingerprint density at radius 2 is 1.96 bits per heavy atom. The van der Waals surface area contributed by atoms with Crippen LogP contribution in [-0.4, -0.2) is 66.7 Å². The van der Waals surface area contributed by atoms with Crippen LogP contribution in [0.3, 0.4) is 0 Å². The van der Waals surface area contributed by atoms with Gasteiger partial charge in [-0.25, -0.2) is 14.4 Å². The Morgan fingerprint density at radius 3 is 2.63 bits per heavy atom. The maximum Gasteiger partial charge on any atom is 0.225 e. The van der Waals surface area contributed by atoms with Gasteiger partial charge in [0.25, 0.3) is 0 Å². The molecule has 0 aliphatic carbocycles. The first kappa shape index (κ1) is 18.9. The molecule has 0 bridgehead atoms. The molecule has 1 saturated heterocycles. The number of anilines is 1. The second-order valence-electron chi connectivity index (χ2n) is 6.34. The summed E-state index contributed by atoms with van der Waals surface area (Å²) in [7, 11) is 1.77. The van der Waals surface area contributed by atoms with Crippen molar-refractivity contribution in [2.75, 3.05) is 44.7 Å². The van der Waals surface area contributed by atoms with Gasteiger partial charge in [-0.15, -0.1) is 0 Å². The highest BCUT2D eigenvalue weighted by atomic mass is 19.1. The van der Waals surface area contributed by atoms with E-state index < -0.39 is 0 Å². The summed E-state index contributed by atoms with van der Waals surface area (Å²) in [5.74, 6) is 1.81. The molecule has 2 aromatic rings. The number of aliphatic imine (C=N–C) groups is 1. The molecule has 3 rings (SSSR count). The van der Waals surface area contributed by atoms with Crippen LogP contribution in [0.25, 0.3) is 0 Å². The summed E-state index contributed by atoms with van der Waals surface area (Å²) in [5.41, 5.74) is 0. The second kappa shape index (κ2) is 9.16. The monoisotopic (exact) mass is 372 g/mol. The molecule has 1 N–H and O–H groups in total. The highest BCUT2D eigenvalue weighted by Crippen LogP contribution is 2.14. The molecule has 1 aromatic carbocycles. The van der Waals surface area contributed by atoms with Crippen molar-refractivity contribution in [2.45, 2.75) is 13.0 Å².